The lowest BCUT2D eigenvalue weighted by molar-refractivity contribution is -0.0460. The molecule has 1 rings (SSSR count). The van der Waals surface area contributed by atoms with E-state index in [1.54, 1.807) is 0 Å². The molecule has 1 unspecified atom stereocenters. The van der Waals surface area contributed by atoms with Crippen molar-refractivity contribution in [2.75, 3.05) is 13.2 Å². The molecule has 0 heterocycles. The first-order valence-electron chi connectivity index (χ1n) is 7.29. The molecule has 0 bridgehead atoms. The molecule has 0 aliphatic rings. The molecule has 108 valence electrons. The van der Waals surface area contributed by atoms with Crippen LogP contribution in [-0.4, -0.2) is 23.9 Å². The Labute approximate surface area is 117 Å². The molecule has 2 nitrogen and oxygen atoms in total. The average Bonchev–Trinajstić information content (AvgIpc) is 2.36. The molecule has 0 aliphatic heterocycles. The van der Waals surface area contributed by atoms with Crippen LogP contribution in [0.15, 0.2) is 24.3 Å². The standard InChI is InChI=1S/C17H28O2/c1-5-15-7-6-8-16(12-15)11-14(2)13-17(3,4)19-10-9-18/h6-8,12,14,18H,5,9-11,13H2,1-4H3. The Balaban J connectivity index is 2.51. The maximum atomic E-state index is 8.83. The Morgan fingerprint density at radius 1 is 1.26 bits per heavy atom. The Morgan fingerprint density at radius 3 is 2.58 bits per heavy atom. The highest BCUT2D eigenvalue weighted by atomic mass is 16.5. The summed E-state index contributed by atoms with van der Waals surface area (Å²) in [5.41, 5.74) is 2.65. The van der Waals surface area contributed by atoms with Crippen molar-refractivity contribution >= 4 is 0 Å². The zero-order valence-corrected chi connectivity index (χ0v) is 12.8. The number of aliphatic hydroxyl groups is 1. The van der Waals surface area contributed by atoms with Gasteiger partial charge in [-0.05, 0) is 50.2 Å². The van der Waals surface area contributed by atoms with Gasteiger partial charge < -0.3 is 9.84 Å². The number of benzene rings is 1. The zero-order valence-electron chi connectivity index (χ0n) is 12.8. The van der Waals surface area contributed by atoms with Gasteiger partial charge in [-0.3, -0.25) is 0 Å². The predicted molar refractivity (Wildman–Crippen MR) is 80.4 cm³/mol. The van der Waals surface area contributed by atoms with Crippen LogP contribution in [0.3, 0.4) is 0 Å². The van der Waals surface area contributed by atoms with Crippen molar-refractivity contribution < 1.29 is 9.84 Å². The molecule has 0 amide bonds. The van der Waals surface area contributed by atoms with Crippen molar-refractivity contribution in [3.8, 4) is 0 Å². The van der Waals surface area contributed by atoms with Gasteiger partial charge in [0, 0.05) is 0 Å². The smallest absolute Gasteiger partial charge is 0.0704 e. The third kappa shape index (κ3) is 6.22. The van der Waals surface area contributed by atoms with Crippen LogP contribution < -0.4 is 0 Å². The summed E-state index contributed by atoms with van der Waals surface area (Å²) in [5.74, 6) is 0.570. The first kappa shape index (κ1) is 16.2. The lowest BCUT2D eigenvalue weighted by atomic mass is 9.89. The molecular weight excluding hydrogens is 236 g/mol. The highest BCUT2D eigenvalue weighted by Crippen LogP contribution is 2.23. The van der Waals surface area contributed by atoms with Gasteiger partial charge in [0.25, 0.3) is 0 Å². The van der Waals surface area contributed by atoms with Gasteiger partial charge in [-0.25, -0.2) is 0 Å². The number of rotatable bonds is 8. The zero-order chi connectivity index (χ0) is 14.3. The Hall–Kier alpha value is -0.860. The van der Waals surface area contributed by atoms with Crippen LogP contribution in [-0.2, 0) is 17.6 Å². The fourth-order valence-electron chi connectivity index (χ4n) is 2.67. The largest absolute Gasteiger partial charge is 0.394 e. The second kappa shape index (κ2) is 7.66. The molecule has 1 atom stereocenters. The third-order valence-corrected chi connectivity index (χ3v) is 3.41. The van der Waals surface area contributed by atoms with Crippen LogP contribution in [0.5, 0.6) is 0 Å². The minimum atomic E-state index is -0.162. The van der Waals surface area contributed by atoms with Crippen molar-refractivity contribution in [1.82, 2.24) is 0 Å². The van der Waals surface area contributed by atoms with E-state index in [1.165, 1.54) is 11.1 Å². The number of aliphatic hydroxyl groups excluding tert-OH is 1. The summed E-state index contributed by atoms with van der Waals surface area (Å²) in [5, 5.41) is 8.83. The fraction of sp³-hybridized carbons (Fsp3) is 0.647. The molecule has 0 aliphatic carbocycles. The lowest BCUT2D eigenvalue weighted by Crippen LogP contribution is -2.29. The second-order valence-corrected chi connectivity index (χ2v) is 6.02. The van der Waals surface area contributed by atoms with Gasteiger partial charge in [-0.1, -0.05) is 38.1 Å². The van der Waals surface area contributed by atoms with E-state index < -0.39 is 0 Å². The van der Waals surface area contributed by atoms with Crippen LogP contribution in [0.4, 0.5) is 0 Å². The molecule has 2 heteroatoms. The molecule has 0 aromatic heterocycles. The van der Waals surface area contributed by atoms with E-state index in [2.05, 4.69) is 52.0 Å². The van der Waals surface area contributed by atoms with Crippen LogP contribution in [0, 0.1) is 5.92 Å². The lowest BCUT2D eigenvalue weighted by Gasteiger charge is -2.28. The van der Waals surface area contributed by atoms with Gasteiger partial charge in [0.15, 0.2) is 0 Å². The van der Waals surface area contributed by atoms with Crippen molar-refractivity contribution in [3.63, 3.8) is 0 Å². The summed E-state index contributed by atoms with van der Waals surface area (Å²) in [6.45, 7) is 9.17. The Morgan fingerprint density at radius 2 is 1.95 bits per heavy atom. The number of hydrogen-bond donors (Lipinski definition) is 1. The van der Waals surface area contributed by atoms with E-state index >= 15 is 0 Å². The molecule has 0 spiro atoms. The van der Waals surface area contributed by atoms with Crippen LogP contribution in [0.2, 0.25) is 0 Å². The Bertz CT molecular complexity index is 371. The molecule has 1 N–H and O–H groups in total. The molecule has 0 saturated heterocycles. The monoisotopic (exact) mass is 264 g/mol. The fourth-order valence-corrected chi connectivity index (χ4v) is 2.67. The van der Waals surface area contributed by atoms with E-state index in [9.17, 15) is 0 Å². The van der Waals surface area contributed by atoms with E-state index in [0.717, 1.165) is 19.3 Å². The molecule has 19 heavy (non-hydrogen) atoms. The highest BCUT2D eigenvalue weighted by Gasteiger charge is 2.21. The van der Waals surface area contributed by atoms with E-state index in [0.29, 0.717) is 12.5 Å². The van der Waals surface area contributed by atoms with Crippen molar-refractivity contribution in [3.05, 3.63) is 35.4 Å². The average molecular weight is 264 g/mol. The minimum Gasteiger partial charge on any atom is -0.394 e. The SMILES string of the molecule is CCc1cccc(CC(C)CC(C)(C)OCCO)c1. The third-order valence-electron chi connectivity index (χ3n) is 3.41. The minimum absolute atomic E-state index is 0.0936. The topological polar surface area (TPSA) is 29.5 Å². The summed E-state index contributed by atoms with van der Waals surface area (Å²) in [6, 6.07) is 8.84. The number of ether oxygens (including phenoxy) is 1. The van der Waals surface area contributed by atoms with Gasteiger partial charge in [-0.2, -0.15) is 0 Å². The van der Waals surface area contributed by atoms with Crippen molar-refractivity contribution in [2.45, 2.75) is 52.6 Å². The highest BCUT2D eigenvalue weighted by molar-refractivity contribution is 5.23. The first-order valence-corrected chi connectivity index (χ1v) is 7.29. The van der Waals surface area contributed by atoms with Gasteiger partial charge >= 0.3 is 0 Å². The molecule has 0 saturated carbocycles. The number of hydrogen-bond acceptors (Lipinski definition) is 2. The molecule has 1 aromatic rings. The molecule has 0 fully saturated rings. The van der Waals surface area contributed by atoms with Crippen LogP contribution in [0.1, 0.15) is 45.2 Å². The first-order chi connectivity index (χ1) is 8.96. The van der Waals surface area contributed by atoms with Crippen molar-refractivity contribution in [2.24, 2.45) is 5.92 Å². The maximum Gasteiger partial charge on any atom is 0.0704 e. The quantitative estimate of drug-likeness (QED) is 0.777. The summed E-state index contributed by atoms with van der Waals surface area (Å²) in [4.78, 5) is 0. The Kier molecular flexibility index (Phi) is 6.53. The van der Waals surface area contributed by atoms with Crippen molar-refractivity contribution in [1.29, 1.82) is 0 Å². The molecule has 1 aromatic carbocycles. The molecular formula is C17H28O2. The van der Waals surface area contributed by atoms with Crippen LogP contribution >= 0.6 is 0 Å². The summed E-state index contributed by atoms with van der Waals surface area (Å²) in [6.07, 6.45) is 3.18. The molecule has 0 radical (unpaired) electrons. The predicted octanol–water partition coefficient (Wildman–Crippen LogP) is 3.61. The number of aryl methyl sites for hydroxylation is 1. The summed E-state index contributed by atoms with van der Waals surface area (Å²) in [7, 11) is 0. The maximum absolute atomic E-state index is 8.83. The normalized spacial score (nSPS) is 13.5. The van der Waals surface area contributed by atoms with Gasteiger partial charge in [0.1, 0.15) is 0 Å². The summed E-state index contributed by atoms with van der Waals surface area (Å²) < 4.78 is 5.68. The van der Waals surface area contributed by atoms with Gasteiger partial charge in [-0.15, -0.1) is 0 Å². The van der Waals surface area contributed by atoms with E-state index in [4.69, 9.17) is 9.84 Å². The van der Waals surface area contributed by atoms with Gasteiger partial charge in [0.05, 0.1) is 18.8 Å². The van der Waals surface area contributed by atoms with E-state index in [1.807, 2.05) is 0 Å². The van der Waals surface area contributed by atoms with Gasteiger partial charge in [0.2, 0.25) is 0 Å². The summed E-state index contributed by atoms with van der Waals surface area (Å²) >= 11 is 0. The second-order valence-electron chi connectivity index (χ2n) is 6.02. The van der Waals surface area contributed by atoms with Crippen LogP contribution in [0.25, 0.3) is 0 Å². The van der Waals surface area contributed by atoms with E-state index in [-0.39, 0.29) is 12.2 Å².